The summed E-state index contributed by atoms with van der Waals surface area (Å²) in [4.78, 5) is 15.0. The van der Waals surface area contributed by atoms with Crippen molar-refractivity contribution in [1.29, 1.82) is 5.26 Å². The van der Waals surface area contributed by atoms with Crippen molar-refractivity contribution in [1.82, 2.24) is 9.97 Å². The molecular weight excluding hydrogens is 160 g/mol. The number of nitrogens with two attached hydrogens (primary N) is 1. The van der Waals surface area contributed by atoms with Gasteiger partial charge in [-0.05, 0) is 0 Å². The summed E-state index contributed by atoms with van der Waals surface area (Å²) in [5.41, 5.74) is 5.08. The topological polar surface area (TPSA) is 119 Å². The van der Waals surface area contributed by atoms with Crippen LogP contribution >= 0.6 is 0 Å². The van der Waals surface area contributed by atoms with Gasteiger partial charge in [-0.2, -0.15) is 5.26 Å². The Morgan fingerprint density at radius 2 is 2.33 bits per heavy atom. The molecule has 1 atom stereocenters. The second-order valence-corrected chi connectivity index (χ2v) is 2.31. The third-order valence-electron chi connectivity index (χ3n) is 1.42. The van der Waals surface area contributed by atoms with Crippen LogP contribution in [0.3, 0.4) is 0 Å². The number of nitriles is 1. The minimum absolute atomic E-state index is 0.0430. The van der Waals surface area contributed by atoms with Crippen LogP contribution in [0.15, 0.2) is 4.79 Å². The molecule has 64 valence electrons. The summed E-state index contributed by atoms with van der Waals surface area (Å²) < 4.78 is 0. The van der Waals surface area contributed by atoms with Gasteiger partial charge in [0.25, 0.3) is 0 Å². The molecule has 0 amide bonds. The molecule has 1 heterocycles. The van der Waals surface area contributed by atoms with Crippen molar-refractivity contribution in [3.8, 4) is 11.9 Å². The number of rotatable bonds is 2. The minimum Gasteiger partial charge on any atom is -0.493 e. The Balaban J connectivity index is 2.95. The zero-order chi connectivity index (χ0) is 9.14. The summed E-state index contributed by atoms with van der Waals surface area (Å²) >= 11 is 0. The average Bonchev–Trinajstić information content (AvgIpc) is 2.30. The highest BCUT2D eigenvalue weighted by atomic mass is 16.3. The van der Waals surface area contributed by atoms with Crippen LogP contribution in [0.1, 0.15) is 18.2 Å². The third kappa shape index (κ3) is 1.46. The highest BCUT2D eigenvalue weighted by Gasteiger charge is 2.13. The summed E-state index contributed by atoms with van der Waals surface area (Å²) in [7, 11) is 0. The van der Waals surface area contributed by atoms with Crippen LogP contribution in [-0.4, -0.2) is 15.1 Å². The fraction of sp³-hybridized carbons (Fsp3) is 0.333. The number of imidazole rings is 1. The molecule has 6 heteroatoms. The maximum Gasteiger partial charge on any atom is 0.326 e. The molecule has 5 N–H and O–H groups in total. The summed E-state index contributed by atoms with van der Waals surface area (Å²) in [6.45, 7) is 0. The van der Waals surface area contributed by atoms with Gasteiger partial charge in [-0.1, -0.05) is 0 Å². The fourth-order valence-electron chi connectivity index (χ4n) is 0.856. The van der Waals surface area contributed by atoms with Gasteiger partial charge < -0.3 is 15.8 Å². The first-order valence-corrected chi connectivity index (χ1v) is 3.29. The molecule has 0 aliphatic rings. The van der Waals surface area contributed by atoms with Crippen LogP contribution in [0.5, 0.6) is 5.88 Å². The van der Waals surface area contributed by atoms with Crippen LogP contribution < -0.4 is 11.4 Å². The maximum absolute atomic E-state index is 10.6. The van der Waals surface area contributed by atoms with Gasteiger partial charge in [0.1, 0.15) is 0 Å². The Hall–Kier alpha value is -1.74. The molecule has 0 fully saturated rings. The van der Waals surface area contributed by atoms with Gasteiger partial charge in [0.05, 0.1) is 24.2 Å². The minimum atomic E-state index is -0.658. The van der Waals surface area contributed by atoms with Gasteiger partial charge in [-0.25, -0.2) is 4.79 Å². The van der Waals surface area contributed by atoms with Crippen molar-refractivity contribution >= 4 is 0 Å². The van der Waals surface area contributed by atoms with Crippen LogP contribution in [0.4, 0.5) is 0 Å². The zero-order valence-electron chi connectivity index (χ0n) is 6.16. The molecule has 0 saturated carbocycles. The van der Waals surface area contributed by atoms with Gasteiger partial charge in [0.2, 0.25) is 5.88 Å². The van der Waals surface area contributed by atoms with E-state index in [9.17, 15) is 4.79 Å². The lowest BCUT2D eigenvalue weighted by molar-refractivity contribution is 0.442. The van der Waals surface area contributed by atoms with E-state index in [-0.39, 0.29) is 18.0 Å². The Bertz CT molecular complexity index is 358. The Morgan fingerprint density at radius 3 is 2.75 bits per heavy atom. The Kier molecular flexibility index (Phi) is 2.16. The van der Waals surface area contributed by atoms with Crippen molar-refractivity contribution in [2.45, 2.75) is 12.5 Å². The molecule has 0 radical (unpaired) electrons. The highest BCUT2D eigenvalue weighted by Crippen LogP contribution is 2.17. The Labute approximate surface area is 67.6 Å². The van der Waals surface area contributed by atoms with E-state index in [1.165, 1.54) is 0 Å². The molecule has 0 aliphatic carbocycles. The SMILES string of the molecule is N#CC[C@H](N)c1[nH]c(=O)[nH]c1O. The molecule has 0 aliphatic heterocycles. The van der Waals surface area contributed by atoms with Gasteiger partial charge >= 0.3 is 5.69 Å². The van der Waals surface area contributed by atoms with E-state index in [2.05, 4.69) is 9.97 Å². The number of hydrogen-bond donors (Lipinski definition) is 4. The fourth-order valence-corrected chi connectivity index (χ4v) is 0.856. The monoisotopic (exact) mass is 168 g/mol. The molecule has 12 heavy (non-hydrogen) atoms. The molecule has 1 aromatic heterocycles. The van der Waals surface area contributed by atoms with Gasteiger partial charge in [0, 0.05) is 0 Å². The summed E-state index contributed by atoms with van der Waals surface area (Å²) in [6.07, 6.45) is 0.0430. The van der Waals surface area contributed by atoms with E-state index in [1.807, 2.05) is 6.07 Å². The number of nitrogens with one attached hydrogen (secondary N) is 2. The standard InChI is InChI=1S/C6H8N4O2/c7-2-1-3(8)4-5(11)10-6(12)9-4/h3,11H,1,8H2,(H2,9,10,12)/t3-/m0/s1. The van der Waals surface area contributed by atoms with Crippen molar-refractivity contribution in [3.63, 3.8) is 0 Å². The highest BCUT2D eigenvalue weighted by molar-refractivity contribution is 5.20. The molecular formula is C6H8N4O2. The van der Waals surface area contributed by atoms with E-state index in [0.29, 0.717) is 0 Å². The van der Waals surface area contributed by atoms with Crippen molar-refractivity contribution < 1.29 is 5.11 Å². The summed E-state index contributed by atoms with van der Waals surface area (Å²) in [5, 5.41) is 17.3. The number of H-pyrrole nitrogens is 2. The van der Waals surface area contributed by atoms with E-state index >= 15 is 0 Å². The lowest BCUT2D eigenvalue weighted by Crippen LogP contribution is -2.11. The summed E-state index contributed by atoms with van der Waals surface area (Å²) in [5.74, 6) is -0.303. The third-order valence-corrected chi connectivity index (χ3v) is 1.42. The Morgan fingerprint density at radius 1 is 1.67 bits per heavy atom. The number of aromatic nitrogens is 2. The predicted molar refractivity (Wildman–Crippen MR) is 40.2 cm³/mol. The maximum atomic E-state index is 10.6. The number of aromatic amines is 2. The molecule has 0 saturated heterocycles. The second kappa shape index (κ2) is 3.11. The number of nitrogens with zero attached hydrogens (tertiary/aromatic N) is 1. The van der Waals surface area contributed by atoms with Crippen LogP contribution in [0, 0.1) is 11.3 Å². The zero-order valence-corrected chi connectivity index (χ0v) is 6.16. The molecule has 0 unspecified atom stereocenters. The first-order chi connectivity index (χ1) is 5.65. The van der Waals surface area contributed by atoms with Crippen molar-refractivity contribution in [2.75, 3.05) is 0 Å². The smallest absolute Gasteiger partial charge is 0.326 e. The summed E-state index contributed by atoms with van der Waals surface area (Å²) in [6, 6.07) is 1.17. The lowest BCUT2D eigenvalue weighted by atomic mass is 10.2. The van der Waals surface area contributed by atoms with Crippen molar-refractivity contribution in [2.24, 2.45) is 5.73 Å². The quantitative estimate of drug-likeness (QED) is 0.467. The van der Waals surface area contributed by atoms with Crippen molar-refractivity contribution in [3.05, 3.63) is 16.2 Å². The van der Waals surface area contributed by atoms with Crippen LogP contribution in [-0.2, 0) is 0 Å². The molecule has 6 nitrogen and oxygen atoms in total. The van der Waals surface area contributed by atoms with E-state index in [4.69, 9.17) is 16.1 Å². The molecule has 0 spiro atoms. The number of hydrogen-bond acceptors (Lipinski definition) is 4. The van der Waals surface area contributed by atoms with Gasteiger partial charge in [-0.3, -0.25) is 4.98 Å². The van der Waals surface area contributed by atoms with E-state index < -0.39 is 11.7 Å². The molecule has 0 bridgehead atoms. The van der Waals surface area contributed by atoms with Gasteiger partial charge in [-0.15, -0.1) is 0 Å². The van der Waals surface area contributed by atoms with E-state index in [1.54, 1.807) is 0 Å². The average molecular weight is 168 g/mol. The number of aromatic hydroxyl groups is 1. The lowest BCUT2D eigenvalue weighted by Gasteiger charge is -2.02. The largest absolute Gasteiger partial charge is 0.493 e. The molecule has 0 aromatic carbocycles. The van der Waals surface area contributed by atoms with E-state index in [0.717, 1.165) is 0 Å². The van der Waals surface area contributed by atoms with Crippen LogP contribution in [0.2, 0.25) is 0 Å². The van der Waals surface area contributed by atoms with Gasteiger partial charge in [0.15, 0.2) is 0 Å². The first-order valence-electron chi connectivity index (χ1n) is 3.29. The first kappa shape index (κ1) is 8.36. The molecule has 1 aromatic rings. The normalized spacial score (nSPS) is 12.3. The second-order valence-electron chi connectivity index (χ2n) is 2.31. The van der Waals surface area contributed by atoms with Crippen LogP contribution in [0.25, 0.3) is 0 Å². The molecule has 1 rings (SSSR count). The predicted octanol–water partition coefficient (Wildman–Crippen LogP) is -0.678.